The lowest BCUT2D eigenvalue weighted by molar-refractivity contribution is -0.142. The maximum absolute atomic E-state index is 12.4. The van der Waals surface area contributed by atoms with Gasteiger partial charge in [0.2, 0.25) is 11.9 Å². The molecule has 2 rings (SSSR count). The molecule has 2 aromatic rings. The summed E-state index contributed by atoms with van der Waals surface area (Å²) >= 11 is 0. The molecule has 0 atom stereocenters. The summed E-state index contributed by atoms with van der Waals surface area (Å²) in [6.07, 6.45) is 1.42. The van der Waals surface area contributed by atoms with Crippen LogP contribution in [-0.4, -0.2) is 44.2 Å². The summed E-state index contributed by atoms with van der Waals surface area (Å²) in [4.78, 5) is 42.3. The molecule has 23 heavy (non-hydrogen) atoms. The molecule has 10 nitrogen and oxygen atoms in total. The van der Waals surface area contributed by atoms with E-state index in [-0.39, 0.29) is 54.5 Å². The predicted molar refractivity (Wildman–Crippen MR) is 79.7 cm³/mol. The van der Waals surface area contributed by atoms with Gasteiger partial charge in [-0.3, -0.25) is 24.3 Å². The molecule has 10 heteroatoms. The monoisotopic (exact) mass is 323 g/mol. The van der Waals surface area contributed by atoms with Crippen LogP contribution in [-0.2, 0) is 32.8 Å². The van der Waals surface area contributed by atoms with Crippen LogP contribution in [0.4, 0.5) is 5.95 Å². The van der Waals surface area contributed by atoms with E-state index in [9.17, 15) is 14.4 Å². The smallest absolute Gasteiger partial charge is 0.302 e. The van der Waals surface area contributed by atoms with Crippen molar-refractivity contribution in [2.75, 3.05) is 18.5 Å². The van der Waals surface area contributed by atoms with E-state index in [1.165, 1.54) is 36.4 Å². The number of amides is 1. The zero-order valence-electron chi connectivity index (χ0n) is 13.0. The third kappa shape index (κ3) is 3.92. The predicted octanol–water partition coefficient (Wildman–Crippen LogP) is -0.374. The zero-order valence-corrected chi connectivity index (χ0v) is 13.0. The van der Waals surface area contributed by atoms with Crippen LogP contribution in [0.1, 0.15) is 13.8 Å². The second kappa shape index (κ2) is 7.01. The van der Waals surface area contributed by atoms with Gasteiger partial charge in [0.25, 0.3) is 5.56 Å². The quantitative estimate of drug-likeness (QED) is 0.569. The van der Waals surface area contributed by atoms with Crippen LogP contribution in [0.2, 0.25) is 0 Å². The van der Waals surface area contributed by atoms with Crippen molar-refractivity contribution in [2.45, 2.75) is 20.6 Å². The van der Waals surface area contributed by atoms with Gasteiger partial charge in [-0.1, -0.05) is 0 Å². The summed E-state index contributed by atoms with van der Waals surface area (Å²) in [5.74, 6) is -0.596. The van der Waals surface area contributed by atoms with E-state index in [2.05, 4.69) is 15.3 Å². The van der Waals surface area contributed by atoms with Gasteiger partial charge in [-0.25, -0.2) is 4.98 Å². The summed E-state index contributed by atoms with van der Waals surface area (Å²) in [7, 11) is 1.50. The molecule has 0 bridgehead atoms. The Morgan fingerprint density at radius 2 is 2.04 bits per heavy atom. The minimum Gasteiger partial charge on any atom is -0.463 e. The fourth-order valence-corrected chi connectivity index (χ4v) is 1.88. The summed E-state index contributed by atoms with van der Waals surface area (Å²) in [6, 6.07) is 0. The topological polar surface area (TPSA) is 117 Å². The van der Waals surface area contributed by atoms with Gasteiger partial charge < -0.3 is 14.0 Å². The fourth-order valence-electron chi connectivity index (χ4n) is 1.88. The number of imidazole rings is 1. The lowest BCUT2D eigenvalue weighted by atomic mass is 10.5. The van der Waals surface area contributed by atoms with Gasteiger partial charge in [0, 0.05) is 20.9 Å². The van der Waals surface area contributed by atoms with E-state index in [4.69, 9.17) is 9.47 Å². The largest absolute Gasteiger partial charge is 0.463 e. The van der Waals surface area contributed by atoms with Crippen molar-refractivity contribution in [3.8, 4) is 0 Å². The Morgan fingerprint density at radius 1 is 1.30 bits per heavy atom. The number of carbonyl (C=O) groups excluding carboxylic acids is 2. The maximum Gasteiger partial charge on any atom is 0.302 e. The first-order valence-electron chi connectivity index (χ1n) is 6.80. The van der Waals surface area contributed by atoms with Gasteiger partial charge in [-0.05, 0) is 0 Å². The van der Waals surface area contributed by atoms with Crippen LogP contribution >= 0.6 is 0 Å². The zero-order chi connectivity index (χ0) is 17.0. The Hall–Kier alpha value is -2.75. The Balaban J connectivity index is 2.17. The van der Waals surface area contributed by atoms with Crippen molar-refractivity contribution in [2.24, 2.45) is 7.05 Å². The minimum atomic E-state index is -0.384. The molecular formula is C13H17N5O5. The second-order valence-corrected chi connectivity index (χ2v) is 4.74. The highest BCUT2D eigenvalue weighted by Crippen LogP contribution is 2.09. The average molecular weight is 323 g/mol. The first kappa shape index (κ1) is 16.6. The maximum atomic E-state index is 12.4. The van der Waals surface area contributed by atoms with Crippen LogP contribution in [0.5, 0.6) is 0 Å². The van der Waals surface area contributed by atoms with Gasteiger partial charge in [0.1, 0.15) is 13.3 Å². The molecule has 0 unspecified atom stereocenters. The fraction of sp³-hybridized carbons (Fsp3) is 0.462. The molecule has 2 heterocycles. The molecule has 0 saturated carbocycles. The lowest BCUT2D eigenvalue weighted by Crippen LogP contribution is -2.25. The van der Waals surface area contributed by atoms with E-state index >= 15 is 0 Å². The van der Waals surface area contributed by atoms with E-state index in [1.54, 1.807) is 0 Å². The molecular weight excluding hydrogens is 306 g/mol. The number of carbonyl (C=O) groups is 2. The van der Waals surface area contributed by atoms with E-state index in [0.29, 0.717) is 0 Å². The summed E-state index contributed by atoms with van der Waals surface area (Å²) in [6.45, 7) is 3.02. The average Bonchev–Trinajstić information content (AvgIpc) is 2.86. The van der Waals surface area contributed by atoms with Gasteiger partial charge in [-0.15, -0.1) is 0 Å². The van der Waals surface area contributed by atoms with Crippen molar-refractivity contribution < 1.29 is 19.1 Å². The molecule has 124 valence electrons. The third-order valence-electron chi connectivity index (χ3n) is 2.91. The summed E-state index contributed by atoms with van der Waals surface area (Å²) in [5.41, 5.74) is 0.106. The lowest BCUT2D eigenvalue weighted by Gasteiger charge is -2.09. The Bertz CT molecular complexity index is 794. The van der Waals surface area contributed by atoms with Crippen molar-refractivity contribution in [1.82, 2.24) is 19.1 Å². The Kier molecular flexibility index (Phi) is 5.06. The first-order chi connectivity index (χ1) is 10.9. The second-order valence-electron chi connectivity index (χ2n) is 4.74. The summed E-state index contributed by atoms with van der Waals surface area (Å²) in [5, 5.41) is 2.47. The molecule has 0 aliphatic rings. The minimum absolute atomic E-state index is 0.0637. The number of nitrogens with zero attached hydrogens (tertiary/aromatic N) is 4. The third-order valence-corrected chi connectivity index (χ3v) is 2.91. The highest BCUT2D eigenvalue weighted by atomic mass is 16.6. The van der Waals surface area contributed by atoms with E-state index < -0.39 is 0 Å². The summed E-state index contributed by atoms with van der Waals surface area (Å²) < 4.78 is 12.8. The van der Waals surface area contributed by atoms with Crippen molar-refractivity contribution in [3.05, 3.63) is 16.7 Å². The molecule has 0 aromatic carbocycles. The van der Waals surface area contributed by atoms with Crippen LogP contribution in [0, 0.1) is 0 Å². The highest BCUT2D eigenvalue weighted by Gasteiger charge is 2.14. The molecule has 1 amide bonds. The van der Waals surface area contributed by atoms with E-state index in [0.717, 1.165) is 0 Å². The molecule has 0 fully saturated rings. The number of hydrogen-bond acceptors (Lipinski definition) is 7. The van der Waals surface area contributed by atoms with E-state index in [1.807, 2.05) is 0 Å². The standard InChI is InChI=1S/C13H17N5O5/c1-8(19)15-13-16-11-10(12(21)17(13)3)18(6-14-11)7-22-4-5-23-9(2)20/h6H,4-5,7H2,1-3H3,(H,15,16,19). The molecule has 0 radical (unpaired) electrons. The van der Waals surface area contributed by atoms with Crippen molar-refractivity contribution in [1.29, 1.82) is 0 Å². The van der Waals surface area contributed by atoms with Crippen LogP contribution < -0.4 is 10.9 Å². The first-order valence-corrected chi connectivity index (χ1v) is 6.80. The number of anilines is 1. The number of aromatic nitrogens is 4. The highest BCUT2D eigenvalue weighted by molar-refractivity contribution is 5.87. The number of ether oxygens (including phenoxy) is 2. The number of fused-ring (bicyclic) bond motifs is 1. The van der Waals surface area contributed by atoms with Gasteiger partial charge >= 0.3 is 5.97 Å². The molecule has 0 saturated heterocycles. The Labute approximate surface area is 131 Å². The number of nitrogens with one attached hydrogen (secondary N) is 1. The molecule has 0 aliphatic carbocycles. The van der Waals surface area contributed by atoms with Gasteiger partial charge in [0.05, 0.1) is 12.9 Å². The molecule has 2 aromatic heterocycles. The van der Waals surface area contributed by atoms with Crippen molar-refractivity contribution in [3.63, 3.8) is 0 Å². The number of hydrogen-bond donors (Lipinski definition) is 1. The van der Waals surface area contributed by atoms with Gasteiger partial charge in [-0.2, -0.15) is 4.98 Å². The van der Waals surface area contributed by atoms with Gasteiger partial charge in [0.15, 0.2) is 11.2 Å². The normalized spacial score (nSPS) is 10.7. The van der Waals surface area contributed by atoms with Crippen LogP contribution in [0.15, 0.2) is 11.1 Å². The molecule has 0 spiro atoms. The SMILES string of the molecule is CC(=O)Nc1nc2ncn(COCCOC(C)=O)c2c(=O)n1C. The number of esters is 1. The van der Waals surface area contributed by atoms with Crippen LogP contribution in [0.3, 0.4) is 0 Å². The Morgan fingerprint density at radius 3 is 2.70 bits per heavy atom. The number of rotatable bonds is 6. The molecule has 1 N–H and O–H groups in total. The van der Waals surface area contributed by atoms with Crippen molar-refractivity contribution >= 4 is 29.0 Å². The van der Waals surface area contributed by atoms with Crippen LogP contribution in [0.25, 0.3) is 11.2 Å². The molecule has 0 aliphatic heterocycles.